The van der Waals surface area contributed by atoms with Gasteiger partial charge in [0.1, 0.15) is 0 Å². The third-order valence-corrected chi connectivity index (χ3v) is 5.25. The van der Waals surface area contributed by atoms with Gasteiger partial charge in [0.25, 0.3) is 0 Å². The second-order valence-electron chi connectivity index (χ2n) is 4.27. The van der Waals surface area contributed by atoms with Crippen LogP contribution in [0, 0.1) is 0 Å². The summed E-state index contributed by atoms with van der Waals surface area (Å²) in [6.07, 6.45) is 0.204. The Morgan fingerprint density at radius 3 is 1.29 bits per heavy atom. The predicted octanol–water partition coefficient (Wildman–Crippen LogP) is 6.36. The van der Waals surface area contributed by atoms with Gasteiger partial charge in [-0.25, -0.2) is 0 Å². The highest BCUT2D eigenvalue weighted by Gasteiger charge is 2.19. The molecule has 0 unspecified atom stereocenters. The van der Waals surface area contributed by atoms with Crippen molar-refractivity contribution in [3.8, 4) is 0 Å². The molecule has 0 spiro atoms. The van der Waals surface area contributed by atoms with Crippen LogP contribution in [0.5, 0.6) is 0 Å². The largest absolute Gasteiger partial charge is 0.397 e. The Morgan fingerprint density at radius 2 is 0.952 bits per heavy atom. The van der Waals surface area contributed by atoms with Gasteiger partial charge in [0.15, 0.2) is 0 Å². The van der Waals surface area contributed by atoms with E-state index in [1.54, 1.807) is 0 Å². The molecular weight excluding hydrogens is 397 g/mol. The quantitative estimate of drug-likeness (QED) is 0.451. The Hall–Kier alpha value is -0.220. The second kappa shape index (κ2) is 6.49. The average Bonchev–Trinajstić information content (AvgIpc) is 2.42. The number of anilines is 2. The summed E-state index contributed by atoms with van der Waals surface area (Å²) >= 11 is 36.4. The first kappa shape index (κ1) is 17.1. The molecule has 0 aliphatic carbocycles. The standard InChI is InChI=1S/C13H8Cl6N2/c14-6-2-8(16)12(20)4(10(6)18)1-5-11(19)7(15)3-9(17)13(5)21/h2-3H,1,20-21H2. The fourth-order valence-corrected chi connectivity index (χ4v) is 3.29. The minimum absolute atomic E-state index is 0.204. The van der Waals surface area contributed by atoms with E-state index in [1.807, 2.05) is 0 Å². The maximum atomic E-state index is 6.18. The summed E-state index contributed by atoms with van der Waals surface area (Å²) in [6.45, 7) is 0. The zero-order chi connectivity index (χ0) is 15.9. The lowest BCUT2D eigenvalue weighted by molar-refractivity contribution is 1.20. The maximum Gasteiger partial charge on any atom is 0.0654 e. The first-order chi connectivity index (χ1) is 9.73. The Bertz CT molecular complexity index is 616. The second-order valence-corrected chi connectivity index (χ2v) is 6.65. The molecule has 8 heteroatoms. The molecule has 0 fully saturated rings. The summed E-state index contributed by atoms with van der Waals surface area (Å²) in [5.41, 5.74) is 13.5. The zero-order valence-corrected chi connectivity index (χ0v) is 14.8. The first-order valence-corrected chi connectivity index (χ1v) is 7.84. The summed E-state index contributed by atoms with van der Waals surface area (Å²) < 4.78 is 0. The van der Waals surface area contributed by atoms with Crippen molar-refractivity contribution in [2.24, 2.45) is 0 Å². The number of halogens is 6. The molecule has 0 heterocycles. The number of nitrogen functional groups attached to an aromatic ring is 2. The van der Waals surface area contributed by atoms with Crippen LogP contribution in [0.4, 0.5) is 11.4 Å². The molecule has 2 aromatic carbocycles. The highest BCUT2D eigenvalue weighted by atomic mass is 35.5. The molecule has 0 bridgehead atoms. The van der Waals surface area contributed by atoms with Crippen LogP contribution >= 0.6 is 69.6 Å². The fraction of sp³-hybridized carbons (Fsp3) is 0.0769. The lowest BCUT2D eigenvalue weighted by Crippen LogP contribution is -2.03. The van der Waals surface area contributed by atoms with E-state index < -0.39 is 0 Å². The Labute approximate surface area is 151 Å². The summed E-state index contributed by atoms with van der Waals surface area (Å²) in [5.74, 6) is 0. The molecule has 0 saturated heterocycles. The molecule has 21 heavy (non-hydrogen) atoms. The molecule has 0 aliphatic heterocycles. The van der Waals surface area contributed by atoms with Gasteiger partial charge in [-0.15, -0.1) is 0 Å². The summed E-state index contributed by atoms with van der Waals surface area (Å²) in [5, 5.41) is 1.72. The van der Waals surface area contributed by atoms with Gasteiger partial charge in [-0.2, -0.15) is 0 Å². The monoisotopic (exact) mass is 402 g/mol. The minimum atomic E-state index is 0.204. The molecule has 2 aromatic rings. The molecule has 2 nitrogen and oxygen atoms in total. The molecule has 0 radical (unpaired) electrons. The van der Waals surface area contributed by atoms with Gasteiger partial charge in [0.2, 0.25) is 0 Å². The van der Waals surface area contributed by atoms with Gasteiger partial charge in [-0.1, -0.05) is 69.6 Å². The van der Waals surface area contributed by atoms with Gasteiger partial charge >= 0.3 is 0 Å². The molecular formula is C13H8Cl6N2. The Morgan fingerprint density at radius 1 is 0.619 bits per heavy atom. The number of rotatable bonds is 2. The topological polar surface area (TPSA) is 52.0 Å². The van der Waals surface area contributed by atoms with Crippen LogP contribution in [0.15, 0.2) is 12.1 Å². The van der Waals surface area contributed by atoms with Gasteiger partial charge in [-0.05, 0) is 12.1 Å². The van der Waals surface area contributed by atoms with Gasteiger partial charge in [0, 0.05) is 17.5 Å². The number of hydrogen-bond acceptors (Lipinski definition) is 2. The molecule has 0 aliphatic rings. The summed E-state index contributed by atoms with van der Waals surface area (Å²) in [6, 6.07) is 2.94. The van der Waals surface area contributed by atoms with Crippen LogP contribution < -0.4 is 11.5 Å². The van der Waals surface area contributed by atoms with E-state index in [4.69, 9.17) is 81.1 Å². The van der Waals surface area contributed by atoms with Crippen molar-refractivity contribution in [1.82, 2.24) is 0 Å². The van der Waals surface area contributed by atoms with Crippen LogP contribution in [0.2, 0.25) is 30.1 Å². The number of hydrogen-bond donors (Lipinski definition) is 2. The lowest BCUT2D eigenvalue weighted by Gasteiger charge is -2.15. The highest BCUT2D eigenvalue weighted by Crippen LogP contribution is 2.41. The maximum absolute atomic E-state index is 6.18. The molecule has 0 atom stereocenters. The van der Waals surface area contributed by atoms with Gasteiger partial charge < -0.3 is 11.5 Å². The van der Waals surface area contributed by atoms with Crippen molar-refractivity contribution < 1.29 is 0 Å². The van der Waals surface area contributed by atoms with Crippen LogP contribution in [0.25, 0.3) is 0 Å². The van der Waals surface area contributed by atoms with E-state index >= 15 is 0 Å². The average molecular weight is 405 g/mol. The minimum Gasteiger partial charge on any atom is -0.397 e. The molecule has 0 aromatic heterocycles. The van der Waals surface area contributed by atoms with Crippen LogP contribution in [-0.4, -0.2) is 0 Å². The van der Waals surface area contributed by atoms with E-state index in [1.165, 1.54) is 12.1 Å². The smallest absolute Gasteiger partial charge is 0.0654 e. The molecule has 0 amide bonds. The zero-order valence-electron chi connectivity index (χ0n) is 10.3. The van der Waals surface area contributed by atoms with Crippen molar-refractivity contribution >= 4 is 81.0 Å². The van der Waals surface area contributed by atoms with Gasteiger partial charge in [-0.3, -0.25) is 0 Å². The van der Waals surface area contributed by atoms with Crippen molar-refractivity contribution in [3.63, 3.8) is 0 Å². The van der Waals surface area contributed by atoms with E-state index in [2.05, 4.69) is 0 Å². The highest BCUT2D eigenvalue weighted by molar-refractivity contribution is 6.45. The molecule has 2 rings (SSSR count). The molecule has 112 valence electrons. The van der Waals surface area contributed by atoms with E-state index in [-0.39, 0.29) is 26.5 Å². The predicted molar refractivity (Wildman–Crippen MR) is 94.6 cm³/mol. The van der Waals surface area contributed by atoms with Crippen molar-refractivity contribution in [3.05, 3.63) is 53.4 Å². The molecule has 0 saturated carbocycles. The Kier molecular flexibility index (Phi) is 5.30. The van der Waals surface area contributed by atoms with Crippen LogP contribution in [0.3, 0.4) is 0 Å². The number of benzene rings is 2. The first-order valence-electron chi connectivity index (χ1n) is 5.57. The van der Waals surface area contributed by atoms with Crippen LogP contribution in [-0.2, 0) is 6.42 Å². The van der Waals surface area contributed by atoms with Crippen molar-refractivity contribution in [1.29, 1.82) is 0 Å². The summed E-state index contributed by atoms with van der Waals surface area (Å²) in [7, 11) is 0. The third kappa shape index (κ3) is 3.26. The fourth-order valence-electron chi connectivity index (χ4n) is 1.84. The summed E-state index contributed by atoms with van der Waals surface area (Å²) in [4.78, 5) is 0. The third-order valence-electron chi connectivity index (χ3n) is 2.97. The Balaban J connectivity index is 2.64. The van der Waals surface area contributed by atoms with Crippen molar-refractivity contribution in [2.75, 3.05) is 11.5 Å². The van der Waals surface area contributed by atoms with E-state index in [0.29, 0.717) is 32.5 Å². The SMILES string of the molecule is Nc1c(Cl)cc(Cl)c(Cl)c1Cc1c(N)c(Cl)cc(Cl)c1Cl. The number of nitrogens with two attached hydrogens (primary N) is 2. The lowest BCUT2D eigenvalue weighted by atomic mass is 10.0. The molecule has 4 N–H and O–H groups in total. The normalized spacial score (nSPS) is 11.0. The van der Waals surface area contributed by atoms with E-state index in [9.17, 15) is 0 Å². The van der Waals surface area contributed by atoms with Crippen LogP contribution in [0.1, 0.15) is 11.1 Å². The van der Waals surface area contributed by atoms with E-state index in [0.717, 1.165) is 0 Å². The van der Waals surface area contributed by atoms with Gasteiger partial charge in [0.05, 0.1) is 41.5 Å². The van der Waals surface area contributed by atoms with Crippen molar-refractivity contribution in [2.45, 2.75) is 6.42 Å².